The molecule has 6 saturated carbocycles. The zero-order valence-corrected chi connectivity index (χ0v) is 52.1. The molecule has 0 spiro atoms. The van der Waals surface area contributed by atoms with E-state index in [-0.39, 0.29) is 0 Å². The number of benzene rings is 6. The zero-order valence-electron chi connectivity index (χ0n) is 50.4. The molecule has 4 nitrogen and oxygen atoms in total. The van der Waals surface area contributed by atoms with E-state index in [1.807, 2.05) is 11.3 Å². The van der Waals surface area contributed by atoms with E-state index in [0.717, 1.165) is 46.9 Å². The third kappa shape index (κ3) is 11.7. The SMILES string of the molecule is Cc1ccc(-c2ccc(N(c3ccc(N(c4ccc(N(c5ccc(C6CCC(C)S6)cc5)C5CCCC6CCCCC65)cc4)C4CCC(N(C5CCC(C)CC5)C5CCCC6CCCCC65)CC4)cc3)c3cccc4ccccc34)cc2)s1. The van der Waals surface area contributed by atoms with E-state index >= 15 is 0 Å². The second kappa shape index (κ2) is 25.1. The van der Waals surface area contributed by atoms with Gasteiger partial charge in [-0.2, -0.15) is 11.8 Å². The normalized spacial score (nSPS) is 29.3. The molecule has 83 heavy (non-hydrogen) atoms. The van der Waals surface area contributed by atoms with Crippen LogP contribution < -0.4 is 14.7 Å². The summed E-state index contributed by atoms with van der Waals surface area (Å²) in [6, 6.07) is 62.7. The minimum atomic E-state index is 0.425. The number of rotatable bonds is 14. The average molecular weight is 1140 g/mol. The molecule has 0 amide bonds. The Balaban J connectivity index is 0.819. The van der Waals surface area contributed by atoms with Crippen LogP contribution >= 0.6 is 23.1 Å². The largest absolute Gasteiger partial charge is 0.338 e. The molecule has 2 heterocycles. The molecule has 1 aromatic heterocycles. The van der Waals surface area contributed by atoms with Crippen LogP contribution in [0.2, 0.25) is 0 Å². The molecule has 1 saturated heterocycles. The molecule has 6 heteroatoms. The first-order valence-corrected chi connectivity index (χ1v) is 35.4. The summed E-state index contributed by atoms with van der Waals surface area (Å²) in [6.07, 6.45) is 33.3. The first-order valence-electron chi connectivity index (χ1n) is 33.6. The van der Waals surface area contributed by atoms with Crippen LogP contribution in [0.4, 0.5) is 39.8 Å². The number of thioether (sulfide) groups is 1. The molecule has 1 aliphatic heterocycles. The predicted octanol–water partition coefficient (Wildman–Crippen LogP) is 22.5. The fourth-order valence-electron chi connectivity index (χ4n) is 18.2. The van der Waals surface area contributed by atoms with Gasteiger partial charge in [0.25, 0.3) is 0 Å². The summed E-state index contributed by atoms with van der Waals surface area (Å²) in [5.41, 5.74) is 11.8. The van der Waals surface area contributed by atoms with Crippen molar-refractivity contribution in [2.75, 3.05) is 14.7 Å². The molecule has 434 valence electrons. The summed E-state index contributed by atoms with van der Waals surface area (Å²) in [4.78, 5) is 14.1. The second-order valence-electron chi connectivity index (χ2n) is 27.4. The standard InChI is InChI=1S/C77H94N4S2/c1-53-25-33-64(34-26-53)79(73-22-10-16-56-13-4-7-19-70(56)73)67-45-39-61(40-46-67)78(62-41-47-68(48-42-62)80(74-23-11-17-57-14-5-8-20-71(57)74)65-35-29-59(30-36-65)76-51-27-54(2)82-76)63-43-49-69(50-44-63)81(75-24-12-18-58-15-6-9-21-72(58)75)66-37-31-60(32-38-66)77-52-28-55(3)83-77/h5,8,11,14,17,20,23,27,29-32,35-38,41-44,47-51,53,55-56,58,61,64,67,70,72-73,75,77H,4,6-7,9-10,12-13,15-16,18-19,21-22,24-26,28,33-34,39-40,45-46,52H2,1-3H3. The molecule has 0 bridgehead atoms. The van der Waals surface area contributed by atoms with E-state index in [2.05, 4.69) is 204 Å². The quantitative estimate of drug-likeness (QED) is 0.107. The highest BCUT2D eigenvalue weighted by atomic mass is 32.2. The van der Waals surface area contributed by atoms with Crippen molar-refractivity contribution in [1.29, 1.82) is 0 Å². The Morgan fingerprint density at radius 3 is 1.53 bits per heavy atom. The maximum Gasteiger partial charge on any atom is 0.0540 e. The highest BCUT2D eigenvalue weighted by Gasteiger charge is 2.45. The highest BCUT2D eigenvalue weighted by Crippen LogP contribution is 2.51. The number of hydrogen-bond acceptors (Lipinski definition) is 6. The fourth-order valence-corrected chi connectivity index (χ4v) is 20.5. The Kier molecular flexibility index (Phi) is 16.9. The van der Waals surface area contributed by atoms with Gasteiger partial charge in [-0.05, 0) is 234 Å². The van der Waals surface area contributed by atoms with E-state index in [0.29, 0.717) is 23.4 Å². The fraction of sp³-hybridized carbons (Fsp3) is 0.506. The van der Waals surface area contributed by atoms with Gasteiger partial charge in [0.05, 0.1) is 5.69 Å². The summed E-state index contributed by atoms with van der Waals surface area (Å²) >= 11 is 4.06. The van der Waals surface area contributed by atoms with Gasteiger partial charge in [-0.25, -0.2) is 0 Å². The lowest BCUT2D eigenvalue weighted by Gasteiger charge is -2.54. The van der Waals surface area contributed by atoms with Crippen molar-refractivity contribution in [3.8, 4) is 10.4 Å². The molecule has 6 aliphatic carbocycles. The van der Waals surface area contributed by atoms with Crippen LogP contribution in [0.25, 0.3) is 21.2 Å². The Bertz CT molecular complexity index is 3210. The third-order valence-electron chi connectivity index (χ3n) is 22.4. The monoisotopic (exact) mass is 1140 g/mol. The average Bonchev–Trinajstić information content (AvgIpc) is 4.35. The minimum Gasteiger partial charge on any atom is -0.338 e. The number of fused-ring (bicyclic) bond motifs is 3. The Labute approximate surface area is 507 Å². The van der Waals surface area contributed by atoms with Gasteiger partial charge in [0.2, 0.25) is 0 Å². The van der Waals surface area contributed by atoms with Crippen LogP contribution in [-0.2, 0) is 0 Å². The van der Waals surface area contributed by atoms with Crippen LogP contribution in [0.3, 0.4) is 0 Å². The number of nitrogens with zero attached hydrogens (tertiary/aromatic N) is 4. The summed E-state index contributed by atoms with van der Waals surface area (Å²) in [5.74, 6) is 4.40. The second-order valence-corrected chi connectivity index (χ2v) is 30.3. The van der Waals surface area contributed by atoms with Crippen LogP contribution in [-0.4, -0.2) is 40.4 Å². The molecular formula is C77H94N4S2. The highest BCUT2D eigenvalue weighted by molar-refractivity contribution is 8.00. The van der Waals surface area contributed by atoms with Gasteiger partial charge in [-0.3, -0.25) is 4.90 Å². The molecule has 0 N–H and O–H groups in total. The number of thiophene rings is 1. The van der Waals surface area contributed by atoms with E-state index < -0.39 is 0 Å². The Morgan fingerprint density at radius 2 is 0.916 bits per heavy atom. The zero-order chi connectivity index (χ0) is 55.8. The van der Waals surface area contributed by atoms with Crippen molar-refractivity contribution in [2.24, 2.45) is 29.6 Å². The van der Waals surface area contributed by atoms with Crippen LogP contribution in [0.1, 0.15) is 184 Å². The van der Waals surface area contributed by atoms with Crippen molar-refractivity contribution in [3.63, 3.8) is 0 Å². The van der Waals surface area contributed by atoms with Crippen LogP contribution in [0.5, 0.6) is 0 Å². The van der Waals surface area contributed by atoms with Crippen molar-refractivity contribution in [3.05, 3.63) is 162 Å². The van der Waals surface area contributed by atoms with Crippen molar-refractivity contribution < 1.29 is 0 Å². The van der Waals surface area contributed by atoms with Crippen molar-refractivity contribution in [1.82, 2.24) is 4.90 Å². The van der Waals surface area contributed by atoms with Gasteiger partial charge in [0.1, 0.15) is 0 Å². The Morgan fingerprint density at radius 1 is 0.398 bits per heavy atom. The molecule has 0 radical (unpaired) electrons. The van der Waals surface area contributed by atoms with Crippen molar-refractivity contribution in [2.45, 2.75) is 216 Å². The molecule has 7 aromatic rings. The molecule has 8 atom stereocenters. The first kappa shape index (κ1) is 55.8. The van der Waals surface area contributed by atoms with Crippen molar-refractivity contribution >= 4 is 73.7 Å². The van der Waals surface area contributed by atoms with Gasteiger partial charge in [-0.1, -0.05) is 139 Å². The summed E-state index contributed by atoms with van der Waals surface area (Å²) in [5, 5.41) is 3.91. The molecule has 7 fully saturated rings. The smallest absolute Gasteiger partial charge is 0.0540 e. The number of hydrogen-bond donors (Lipinski definition) is 0. The summed E-state index contributed by atoms with van der Waals surface area (Å²) in [6.45, 7) is 7.14. The van der Waals surface area contributed by atoms with E-state index in [1.165, 1.54) is 226 Å². The van der Waals surface area contributed by atoms with Crippen LogP contribution in [0, 0.1) is 36.5 Å². The van der Waals surface area contributed by atoms with Gasteiger partial charge >= 0.3 is 0 Å². The molecular weight excluding hydrogens is 1050 g/mol. The van der Waals surface area contributed by atoms with Gasteiger partial charge in [0, 0.05) is 90.0 Å². The lowest BCUT2D eigenvalue weighted by Crippen LogP contribution is -2.57. The van der Waals surface area contributed by atoms with Crippen LogP contribution in [0.15, 0.2) is 152 Å². The minimum absolute atomic E-state index is 0.425. The Hall–Kier alpha value is -5.01. The lowest BCUT2D eigenvalue weighted by molar-refractivity contribution is -0.0360. The molecule has 14 rings (SSSR count). The van der Waals surface area contributed by atoms with Gasteiger partial charge < -0.3 is 14.7 Å². The molecule has 8 unspecified atom stereocenters. The summed E-state index contributed by atoms with van der Waals surface area (Å²) in [7, 11) is 0. The molecule has 7 aliphatic rings. The maximum atomic E-state index is 3.28. The van der Waals surface area contributed by atoms with Gasteiger partial charge in [-0.15, -0.1) is 11.3 Å². The predicted molar refractivity (Wildman–Crippen MR) is 358 cm³/mol. The third-order valence-corrected chi connectivity index (χ3v) is 25.0. The first-order chi connectivity index (χ1) is 40.9. The van der Waals surface area contributed by atoms with E-state index in [4.69, 9.17) is 0 Å². The number of anilines is 7. The lowest BCUT2D eigenvalue weighted by atomic mass is 9.66. The van der Waals surface area contributed by atoms with Gasteiger partial charge in [0.15, 0.2) is 0 Å². The maximum absolute atomic E-state index is 3.28. The van der Waals surface area contributed by atoms with E-state index in [1.54, 1.807) is 0 Å². The summed E-state index contributed by atoms with van der Waals surface area (Å²) < 4.78 is 0. The van der Waals surface area contributed by atoms with E-state index in [9.17, 15) is 0 Å². The molecule has 6 aromatic carbocycles. The number of aryl methyl sites for hydroxylation is 1. The topological polar surface area (TPSA) is 13.0 Å².